The van der Waals surface area contributed by atoms with E-state index in [2.05, 4.69) is 27.7 Å². The van der Waals surface area contributed by atoms with Crippen LogP contribution in [0.1, 0.15) is 112 Å². The first kappa shape index (κ1) is 25.0. The van der Waals surface area contributed by atoms with Crippen LogP contribution in [0.25, 0.3) is 0 Å². The zero-order chi connectivity index (χ0) is 23.4. The maximum absolute atomic E-state index is 10.8. The molecule has 0 aromatic rings. The van der Waals surface area contributed by atoms with Crippen molar-refractivity contribution in [3.05, 3.63) is 0 Å². The molecule has 0 spiro atoms. The van der Waals surface area contributed by atoms with Crippen LogP contribution >= 0.6 is 0 Å². The monoisotopic (exact) mass is 448 g/mol. The molecule has 4 fully saturated rings. The van der Waals surface area contributed by atoms with E-state index in [0.29, 0.717) is 23.4 Å². The predicted molar refractivity (Wildman–Crippen MR) is 131 cm³/mol. The Balaban J connectivity index is 1.43. The summed E-state index contributed by atoms with van der Waals surface area (Å²) in [6, 6.07) is 0. The van der Waals surface area contributed by atoms with Crippen molar-refractivity contribution in [1.82, 2.24) is 0 Å². The first-order valence-corrected chi connectivity index (χ1v) is 13.9. The lowest BCUT2D eigenvalue weighted by Crippen LogP contribution is -2.55. The van der Waals surface area contributed by atoms with Crippen molar-refractivity contribution < 1.29 is 14.9 Å². The van der Waals surface area contributed by atoms with E-state index in [9.17, 15) is 10.2 Å². The Labute approximate surface area is 198 Å². The van der Waals surface area contributed by atoms with Gasteiger partial charge in [-0.3, -0.25) is 0 Å². The smallest absolute Gasteiger partial charge is 0.0641 e. The van der Waals surface area contributed by atoms with Crippen LogP contribution in [0, 0.1) is 46.3 Å². The van der Waals surface area contributed by atoms with Gasteiger partial charge in [-0.15, -0.1) is 0 Å². The Morgan fingerprint density at radius 3 is 2.38 bits per heavy atom. The van der Waals surface area contributed by atoms with Crippen LogP contribution in [0.2, 0.25) is 0 Å². The Bertz CT molecular complexity index is 657. The van der Waals surface area contributed by atoms with Gasteiger partial charge in [0.1, 0.15) is 0 Å². The van der Waals surface area contributed by atoms with Crippen molar-refractivity contribution in [3.63, 3.8) is 0 Å². The molecule has 4 aliphatic carbocycles. The maximum Gasteiger partial charge on any atom is 0.0641 e. The van der Waals surface area contributed by atoms with Gasteiger partial charge in [-0.2, -0.15) is 0 Å². The van der Waals surface area contributed by atoms with Crippen LogP contribution in [0.5, 0.6) is 0 Å². The Kier molecular flexibility index (Phi) is 6.89. The molecule has 0 aliphatic heterocycles. The molecule has 2 N–H and O–H groups in total. The molecule has 3 heteroatoms. The Hall–Kier alpha value is -0.120. The number of hydrogen-bond donors (Lipinski definition) is 2. The number of methoxy groups -OCH3 is 1. The second-order valence-corrected chi connectivity index (χ2v) is 13.8. The molecule has 186 valence electrons. The fourth-order valence-corrected chi connectivity index (χ4v) is 9.59. The third kappa shape index (κ3) is 4.44. The van der Waals surface area contributed by atoms with E-state index in [0.717, 1.165) is 61.7 Å². The minimum Gasteiger partial charge on any atom is -0.390 e. The molecule has 0 bridgehead atoms. The second kappa shape index (κ2) is 8.83. The fraction of sp³-hybridized carbons (Fsp3) is 1.00. The lowest BCUT2D eigenvalue weighted by molar-refractivity contribution is -0.148. The standard InChI is InChI=1S/C29H52O3/c1-20(11-13-26(2,30)17-18-32-6)23-9-10-24-22-8-7-21-19-27(3,31)15-16-28(21,4)25(22)12-14-29(23,24)5/h20-25,30-31H,7-19H2,1-6H3/t20-,21+,22+,23?,24+,25+,26-,27+,28+,29-/m1/s1. The minimum absolute atomic E-state index is 0.432. The highest BCUT2D eigenvalue weighted by Gasteiger charge is 2.61. The predicted octanol–water partition coefficient (Wildman–Crippen LogP) is 6.60. The number of hydrogen-bond acceptors (Lipinski definition) is 3. The molecule has 0 aromatic heterocycles. The van der Waals surface area contributed by atoms with E-state index in [1.54, 1.807) is 7.11 Å². The van der Waals surface area contributed by atoms with Gasteiger partial charge in [0.25, 0.3) is 0 Å². The van der Waals surface area contributed by atoms with Gasteiger partial charge in [0.05, 0.1) is 11.2 Å². The van der Waals surface area contributed by atoms with Crippen molar-refractivity contribution in [2.24, 2.45) is 46.3 Å². The average Bonchev–Trinajstić information content (AvgIpc) is 3.08. The van der Waals surface area contributed by atoms with E-state index in [4.69, 9.17) is 4.74 Å². The molecule has 4 aliphatic rings. The topological polar surface area (TPSA) is 49.7 Å². The molecule has 0 aromatic carbocycles. The molecule has 0 heterocycles. The highest BCUT2D eigenvalue weighted by Crippen LogP contribution is 2.68. The van der Waals surface area contributed by atoms with E-state index in [1.807, 2.05) is 6.92 Å². The van der Waals surface area contributed by atoms with Gasteiger partial charge >= 0.3 is 0 Å². The zero-order valence-corrected chi connectivity index (χ0v) is 22.0. The molecule has 0 amide bonds. The van der Waals surface area contributed by atoms with Gasteiger partial charge in [0.2, 0.25) is 0 Å². The summed E-state index contributed by atoms with van der Waals surface area (Å²) in [4.78, 5) is 0. The molecule has 1 unspecified atom stereocenters. The summed E-state index contributed by atoms with van der Waals surface area (Å²) in [6.07, 6.45) is 14.3. The van der Waals surface area contributed by atoms with Gasteiger partial charge in [-0.05, 0) is 137 Å². The van der Waals surface area contributed by atoms with Crippen molar-refractivity contribution in [2.45, 2.75) is 123 Å². The third-order valence-corrected chi connectivity index (χ3v) is 11.7. The molecule has 0 saturated heterocycles. The Morgan fingerprint density at radius 2 is 1.66 bits per heavy atom. The van der Waals surface area contributed by atoms with E-state index < -0.39 is 11.2 Å². The average molecular weight is 449 g/mol. The largest absolute Gasteiger partial charge is 0.390 e. The van der Waals surface area contributed by atoms with Crippen LogP contribution in [0.15, 0.2) is 0 Å². The summed E-state index contributed by atoms with van der Waals surface area (Å²) in [5.74, 6) is 4.89. The summed E-state index contributed by atoms with van der Waals surface area (Å²) in [5, 5.41) is 21.5. The second-order valence-electron chi connectivity index (χ2n) is 13.8. The van der Waals surface area contributed by atoms with Gasteiger partial charge < -0.3 is 14.9 Å². The lowest BCUT2D eigenvalue weighted by Gasteiger charge is -2.62. The number of rotatable bonds is 7. The first-order chi connectivity index (χ1) is 14.9. The SMILES string of the molecule is COCC[C@](C)(O)CC[C@@H](C)C1CC[C@H]2[C@@H]3CC[C@H]4C[C@@](C)(O)CC[C@]4(C)[C@H]3CC[C@]12C. The number of ether oxygens (including phenoxy) is 1. The van der Waals surface area contributed by atoms with E-state index >= 15 is 0 Å². The number of aliphatic hydroxyl groups is 2. The van der Waals surface area contributed by atoms with Gasteiger partial charge in [-0.1, -0.05) is 20.8 Å². The van der Waals surface area contributed by atoms with Crippen LogP contribution < -0.4 is 0 Å². The molecule has 3 nitrogen and oxygen atoms in total. The molecule has 10 atom stereocenters. The van der Waals surface area contributed by atoms with Crippen molar-refractivity contribution in [2.75, 3.05) is 13.7 Å². The minimum atomic E-state index is -0.601. The van der Waals surface area contributed by atoms with Crippen LogP contribution in [-0.4, -0.2) is 35.1 Å². The highest BCUT2D eigenvalue weighted by molar-refractivity contribution is 5.10. The van der Waals surface area contributed by atoms with Gasteiger partial charge in [0.15, 0.2) is 0 Å². The lowest BCUT2D eigenvalue weighted by atomic mass is 9.43. The fourth-order valence-electron chi connectivity index (χ4n) is 9.59. The summed E-state index contributed by atoms with van der Waals surface area (Å²) < 4.78 is 5.20. The summed E-state index contributed by atoms with van der Waals surface area (Å²) in [5.41, 5.74) is -0.0902. The molecular weight excluding hydrogens is 396 g/mol. The van der Waals surface area contributed by atoms with Gasteiger partial charge in [0, 0.05) is 13.7 Å². The molecular formula is C29H52O3. The van der Waals surface area contributed by atoms with Crippen molar-refractivity contribution >= 4 is 0 Å². The Morgan fingerprint density at radius 1 is 0.938 bits per heavy atom. The van der Waals surface area contributed by atoms with Crippen LogP contribution in [0.4, 0.5) is 0 Å². The van der Waals surface area contributed by atoms with Crippen molar-refractivity contribution in [1.29, 1.82) is 0 Å². The molecule has 4 rings (SSSR count). The summed E-state index contributed by atoms with van der Waals surface area (Å²) >= 11 is 0. The zero-order valence-electron chi connectivity index (χ0n) is 22.0. The highest BCUT2D eigenvalue weighted by atomic mass is 16.5. The van der Waals surface area contributed by atoms with Crippen LogP contribution in [-0.2, 0) is 4.74 Å². The van der Waals surface area contributed by atoms with Crippen molar-refractivity contribution in [3.8, 4) is 0 Å². The molecule has 4 saturated carbocycles. The van der Waals surface area contributed by atoms with Gasteiger partial charge in [-0.25, -0.2) is 0 Å². The third-order valence-electron chi connectivity index (χ3n) is 11.7. The quantitative estimate of drug-likeness (QED) is 0.461. The molecule has 0 radical (unpaired) electrons. The van der Waals surface area contributed by atoms with E-state index in [-0.39, 0.29) is 0 Å². The molecule has 32 heavy (non-hydrogen) atoms. The van der Waals surface area contributed by atoms with Crippen LogP contribution in [0.3, 0.4) is 0 Å². The van der Waals surface area contributed by atoms with E-state index in [1.165, 1.54) is 44.9 Å². The normalized spacial score (nSPS) is 48.9. The summed E-state index contributed by atoms with van der Waals surface area (Å²) in [7, 11) is 1.72. The number of fused-ring (bicyclic) bond motifs is 5. The maximum atomic E-state index is 10.8. The summed E-state index contributed by atoms with van der Waals surface area (Å²) in [6.45, 7) is 12.4. The first-order valence-electron chi connectivity index (χ1n) is 13.9.